The third-order valence-corrected chi connectivity index (χ3v) is 5.61. The van der Waals surface area contributed by atoms with Gasteiger partial charge in [0.25, 0.3) is 5.56 Å². The number of rotatable bonds is 2. The Morgan fingerprint density at radius 3 is 2.73 bits per heavy atom. The number of nitrogens with zero attached hydrogens (tertiary/aromatic N) is 2. The van der Waals surface area contributed by atoms with Crippen molar-refractivity contribution in [3.63, 3.8) is 0 Å². The van der Waals surface area contributed by atoms with Crippen LogP contribution in [0.15, 0.2) is 35.1 Å². The van der Waals surface area contributed by atoms with Gasteiger partial charge in [0.2, 0.25) is 0 Å². The fraction of sp³-hybridized carbons (Fsp3) is 0.333. The highest BCUT2D eigenvalue weighted by Gasteiger charge is 2.21. The molecule has 22 heavy (non-hydrogen) atoms. The van der Waals surface area contributed by atoms with Crippen molar-refractivity contribution in [2.45, 2.75) is 39.2 Å². The van der Waals surface area contributed by atoms with Gasteiger partial charge >= 0.3 is 0 Å². The molecule has 1 aliphatic rings. The first-order chi connectivity index (χ1) is 10.8. The lowest BCUT2D eigenvalue weighted by molar-refractivity contribution is 0.696. The van der Waals surface area contributed by atoms with Gasteiger partial charge in [-0.2, -0.15) is 0 Å². The summed E-state index contributed by atoms with van der Waals surface area (Å²) in [5, 5.41) is 0.876. The van der Waals surface area contributed by atoms with E-state index in [9.17, 15) is 4.79 Å². The van der Waals surface area contributed by atoms with Crippen LogP contribution in [0.25, 0.3) is 21.6 Å². The predicted octanol–water partition coefficient (Wildman–Crippen LogP) is 4.02. The number of fused-ring (bicyclic) bond motifs is 3. The molecule has 0 N–H and O–H groups in total. The largest absolute Gasteiger partial charge is 0.292 e. The van der Waals surface area contributed by atoms with Crippen LogP contribution in [0.5, 0.6) is 0 Å². The average Bonchev–Trinajstić information content (AvgIpc) is 2.94. The van der Waals surface area contributed by atoms with E-state index in [1.165, 1.54) is 23.3 Å². The number of aryl methyl sites for hydroxylation is 2. The zero-order chi connectivity index (χ0) is 15.1. The molecule has 3 aromatic rings. The maximum atomic E-state index is 13.0. The lowest BCUT2D eigenvalue weighted by Gasteiger charge is -2.12. The van der Waals surface area contributed by atoms with E-state index in [1.54, 1.807) is 11.3 Å². The highest BCUT2D eigenvalue weighted by molar-refractivity contribution is 7.18. The van der Waals surface area contributed by atoms with Gasteiger partial charge in [0.15, 0.2) is 0 Å². The van der Waals surface area contributed by atoms with E-state index in [2.05, 4.69) is 0 Å². The minimum atomic E-state index is 0.130. The van der Waals surface area contributed by atoms with Crippen LogP contribution < -0.4 is 5.56 Å². The highest BCUT2D eigenvalue weighted by atomic mass is 32.1. The van der Waals surface area contributed by atoms with Gasteiger partial charge in [-0.3, -0.25) is 9.36 Å². The number of thiophene rings is 1. The van der Waals surface area contributed by atoms with Crippen molar-refractivity contribution in [3.8, 4) is 11.4 Å². The lowest BCUT2D eigenvalue weighted by atomic mass is 9.97. The van der Waals surface area contributed by atoms with Crippen LogP contribution in [0.2, 0.25) is 0 Å². The molecular weight excluding hydrogens is 292 g/mol. The van der Waals surface area contributed by atoms with Gasteiger partial charge in [-0.25, -0.2) is 4.98 Å². The van der Waals surface area contributed by atoms with Crippen molar-refractivity contribution in [3.05, 3.63) is 51.1 Å². The number of hydrogen-bond acceptors (Lipinski definition) is 3. The Morgan fingerprint density at radius 1 is 1.18 bits per heavy atom. The zero-order valence-electron chi connectivity index (χ0n) is 12.6. The zero-order valence-corrected chi connectivity index (χ0v) is 13.4. The summed E-state index contributed by atoms with van der Waals surface area (Å²) < 4.78 is 1.82. The highest BCUT2D eigenvalue weighted by Crippen LogP contribution is 2.34. The predicted molar refractivity (Wildman–Crippen MR) is 91.6 cm³/mol. The lowest BCUT2D eigenvalue weighted by Crippen LogP contribution is -2.23. The quantitative estimate of drug-likeness (QED) is 0.716. The molecule has 2 aromatic heterocycles. The Bertz CT molecular complexity index is 893. The van der Waals surface area contributed by atoms with Gasteiger partial charge in [0.05, 0.1) is 5.39 Å². The van der Waals surface area contributed by atoms with Gasteiger partial charge in [0.1, 0.15) is 10.7 Å². The third-order valence-electron chi connectivity index (χ3n) is 4.42. The smallest absolute Gasteiger partial charge is 0.262 e. The summed E-state index contributed by atoms with van der Waals surface area (Å²) in [5.41, 5.74) is 2.41. The first kappa shape index (κ1) is 13.7. The van der Waals surface area contributed by atoms with E-state index < -0.39 is 0 Å². The topological polar surface area (TPSA) is 34.9 Å². The monoisotopic (exact) mass is 310 g/mol. The van der Waals surface area contributed by atoms with E-state index in [4.69, 9.17) is 4.98 Å². The molecule has 0 atom stereocenters. The van der Waals surface area contributed by atoms with Gasteiger partial charge in [0, 0.05) is 17.0 Å². The normalized spacial score (nSPS) is 14.2. The van der Waals surface area contributed by atoms with Gasteiger partial charge < -0.3 is 0 Å². The molecule has 0 radical (unpaired) electrons. The molecule has 4 rings (SSSR count). The van der Waals surface area contributed by atoms with E-state index in [0.717, 1.165) is 34.4 Å². The molecule has 0 saturated carbocycles. The fourth-order valence-electron chi connectivity index (χ4n) is 3.34. The van der Waals surface area contributed by atoms with Gasteiger partial charge in [-0.15, -0.1) is 11.3 Å². The van der Waals surface area contributed by atoms with Crippen molar-refractivity contribution in [2.75, 3.05) is 0 Å². The van der Waals surface area contributed by atoms with Crippen LogP contribution in [0.1, 0.15) is 30.2 Å². The van der Waals surface area contributed by atoms with Crippen LogP contribution >= 0.6 is 11.3 Å². The Balaban J connectivity index is 2.05. The van der Waals surface area contributed by atoms with E-state index >= 15 is 0 Å². The molecule has 0 spiro atoms. The summed E-state index contributed by atoms with van der Waals surface area (Å²) in [7, 11) is 0. The van der Waals surface area contributed by atoms with Crippen LogP contribution in [0.4, 0.5) is 0 Å². The molecule has 0 unspecified atom stereocenters. The summed E-state index contributed by atoms with van der Waals surface area (Å²) in [5.74, 6) is 0.791. The standard InChI is InChI=1S/C18H18N2OS/c1-2-20-16(12-8-4-3-5-9-12)19-17-15(18(20)21)13-10-6-7-11-14(13)22-17/h3-5,8-9H,2,6-7,10-11H2,1H3. The van der Waals surface area contributed by atoms with Crippen LogP contribution in [0.3, 0.4) is 0 Å². The van der Waals surface area contributed by atoms with Gasteiger partial charge in [-0.1, -0.05) is 30.3 Å². The second-order valence-corrected chi connectivity index (χ2v) is 6.83. The molecule has 1 aromatic carbocycles. The number of benzene rings is 1. The van der Waals surface area contributed by atoms with Crippen LogP contribution in [-0.2, 0) is 19.4 Å². The maximum Gasteiger partial charge on any atom is 0.262 e. The minimum absolute atomic E-state index is 0.130. The maximum absolute atomic E-state index is 13.0. The molecule has 0 amide bonds. The van der Waals surface area contributed by atoms with Crippen LogP contribution in [-0.4, -0.2) is 9.55 Å². The SMILES string of the molecule is CCn1c(-c2ccccc2)nc2sc3c(c2c1=O)CCCC3. The molecular formula is C18H18N2OS. The first-order valence-electron chi connectivity index (χ1n) is 7.90. The average molecular weight is 310 g/mol. The van der Waals surface area contributed by atoms with E-state index in [-0.39, 0.29) is 5.56 Å². The third kappa shape index (κ3) is 2.02. The van der Waals surface area contributed by atoms with E-state index in [0.29, 0.717) is 6.54 Å². The first-order valence-corrected chi connectivity index (χ1v) is 8.71. The molecule has 0 bridgehead atoms. The Hall–Kier alpha value is -1.94. The Kier molecular flexibility index (Phi) is 3.34. The molecule has 0 saturated heterocycles. The number of hydrogen-bond donors (Lipinski definition) is 0. The molecule has 4 heteroatoms. The van der Waals surface area contributed by atoms with Crippen molar-refractivity contribution in [1.29, 1.82) is 0 Å². The molecule has 3 nitrogen and oxygen atoms in total. The minimum Gasteiger partial charge on any atom is -0.292 e. The Labute approximate surface area is 133 Å². The summed E-state index contributed by atoms with van der Waals surface area (Å²) in [6.07, 6.45) is 4.54. The second-order valence-electron chi connectivity index (χ2n) is 5.74. The molecule has 2 heterocycles. The summed E-state index contributed by atoms with van der Waals surface area (Å²) in [6.45, 7) is 2.66. The molecule has 112 valence electrons. The van der Waals surface area contributed by atoms with Crippen molar-refractivity contribution < 1.29 is 0 Å². The fourth-order valence-corrected chi connectivity index (χ4v) is 4.59. The van der Waals surface area contributed by atoms with Crippen molar-refractivity contribution in [2.24, 2.45) is 0 Å². The molecule has 0 fully saturated rings. The summed E-state index contributed by atoms with van der Waals surface area (Å²) >= 11 is 1.72. The molecule has 1 aliphatic carbocycles. The van der Waals surface area contributed by atoms with Crippen molar-refractivity contribution >= 4 is 21.6 Å². The molecule has 0 aliphatic heterocycles. The van der Waals surface area contributed by atoms with E-state index in [1.807, 2.05) is 41.8 Å². The summed E-state index contributed by atoms with van der Waals surface area (Å²) in [6, 6.07) is 10.0. The summed E-state index contributed by atoms with van der Waals surface area (Å²) in [4.78, 5) is 20.2. The Morgan fingerprint density at radius 2 is 1.95 bits per heavy atom. The van der Waals surface area contributed by atoms with Crippen molar-refractivity contribution in [1.82, 2.24) is 9.55 Å². The van der Waals surface area contributed by atoms with Gasteiger partial charge in [-0.05, 0) is 38.2 Å². The van der Waals surface area contributed by atoms with Crippen LogP contribution in [0, 0.1) is 0 Å². The second kappa shape index (κ2) is 5.36. The number of aromatic nitrogens is 2.